The number of rotatable bonds is 3. The number of furan rings is 2. The molecule has 0 unspecified atom stereocenters. The minimum Gasteiger partial charge on any atom is -0.464 e. The lowest BCUT2D eigenvalue weighted by atomic mass is 9.85. The molecule has 2 heterocycles. The summed E-state index contributed by atoms with van der Waals surface area (Å²) in [5, 5.41) is 8.15. The van der Waals surface area contributed by atoms with Crippen LogP contribution >= 0.6 is 0 Å². The van der Waals surface area contributed by atoms with E-state index in [1.54, 1.807) is 6.26 Å². The predicted molar refractivity (Wildman–Crippen MR) is 175 cm³/mol. The smallest absolute Gasteiger partial charge is 0.136 e. The van der Waals surface area contributed by atoms with Crippen molar-refractivity contribution in [1.29, 1.82) is 0 Å². The Hall–Kier alpha value is -5.60. The normalized spacial score (nSPS) is 11.8. The molecule has 0 aliphatic carbocycles. The molecule has 0 aliphatic heterocycles. The lowest BCUT2D eigenvalue weighted by Gasteiger charge is -2.18. The first-order chi connectivity index (χ1) is 20.8. The van der Waals surface area contributed by atoms with E-state index in [-0.39, 0.29) is 0 Å². The number of hydrogen-bond donors (Lipinski definition) is 0. The number of fused-ring (bicyclic) bond motifs is 6. The first-order valence-electron chi connectivity index (χ1n) is 14.2. The van der Waals surface area contributed by atoms with Crippen molar-refractivity contribution in [2.75, 3.05) is 0 Å². The zero-order chi connectivity index (χ0) is 27.6. The standard InChI is InChI=1S/C40H24O2/c1-2-8-25(9-3-1)26-14-16-27(17-15-26)39-31-10-4-6-12-33(31)40(34-13-7-5-11-32(34)39)29-18-19-30-35-24-36-28(20-21-41-36)22-38(35)42-37(30)23-29/h1-24H. The second kappa shape index (κ2) is 8.95. The van der Waals surface area contributed by atoms with Crippen LogP contribution in [0.15, 0.2) is 155 Å². The van der Waals surface area contributed by atoms with Gasteiger partial charge in [0.15, 0.2) is 0 Å². The molecule has 0 bridgehead atoms. The third-order valence-electron chi connectivity index (χ3n) is 8.55. The van der Waals surface area contributed by atoms with Crippen LogP contribution < -0.4 is 0 Å². The van der Waals surface area contributed by atoms with Crippen molar-refractivity contribution in [3.63, 3.8) is 0 Å². The maximum absolute atomic E-state index is 6.42. The van der Waals surface area contributed by atoms with Gasteiger partial charge in [-0.05, 0) is 85.3 Å². The Morgan fingerprint density at radius 2 is 0.881 bits per heavy atom. The molecule has 0 aliphatic rings. The largest absolute Gasteiger partial charge is 0.464 e. The van der Waals surface area contributed by atoms with E-state index in [1.807, 2.05) is 6.07 Å². The zero-order valence-electron chi connectivity index (χ0n) is 22.7. The molecule has 0 fully saturated rings. The van der Waals surface area contributed by atoms with E-state index in [2.05, 4.69) is 133 Å². The first kappa shape index (κ1) is 23.1. The molecule has 0 atom stereocenters. The van der Waals surface area contributed by atoms with Crippen LogP contribution in [0, 0.1) is 0 Å². The fraction of sp³-hybridized carbons (Fsp3) is 0. The molecule has 0 saturated carbocycles. The van der Waals surface area contributed by atoms with Gasteiger partial charge in [0.1, 0.15) is 16.7 Å². The molecule has 2 nitrogen and oxygen atoms in total. The average molecular weight is 537 g/mol. The summed E-state index contributed by atoms with van der Waals surface area (Å²) in [6.45, 7) is 0. The van der Waals surface area contributed by atoms with Gasteiger partial charge in [-0.2, -0.15) is 0 Å². The average Bonchev–Trinajstić information content (AvgIpc) is 3.66. The summed E-state index contributed by atoms with van der Waals surface area (Å²) >= 11 is 0. The Morgan fingerprint density at radius 3 is 1.57 bits per heavy atom. The minimum atomic E-state index is 0.874. The van der Waals surface area contributed by atoms with Gasteiger partial charge in [-0.15, -0.1) is 0 Å². The van der Waals surface area contributed by atoms with E-state index in [9.17, 15) is 0 Å². The van der Waals surface area contributed by atoms with Crippen molar-refractivity contribution in [2.45, 2.75) is 0 Å². The highest BCUT2D eigenvalue weighted by Crippen LogP contribution is 2.45. The quantitative estimate of drug-likeness (QED) is 0.210. The molecular formula is C40H24O2. The number of benzene rings is 7. The van der Waals surface area contributed by atoms with E-state index in [0.29, 0.717) is 0 Å². The molecule has 42 heavy (non-hydrogen) atoms. The van der Waals surface area contributed by atoms with Crippen molar-refractivity contribution >= 4 is 54.5 Å². The molecule has 0 amide bonds. The summed E-state index contributed by atoms with van der Waals surface area (Å²) < 4.78 is 12.1. The second-order valence-corrected chi connectivity index (χ2v) is 10.9. The van der Waals surface area contributed by atoms with Gasteiger partial charge in [-0.3, -0.25) is 0 Å². The van der Waals surface area contributed by atoms with Crippen LogP contribution in [0.25, 0.3) is 87.8 Å². The van der Waals surface area contributed by atoms with E-state index < -0.39 is 0 Å². The summed E-state index contributed by atoms with van der Waals surface area (Å²) in [6.07, 6.45) is 1.72. The Labute approximate surface area is 242 Å². The molecule has 0 radical (unpaired) electrons. The zero-order valence-corrected chi connectivity index (χ0v) is 22.7. The van der Waals surface area contributed by atoms with E-state index in [1.165, 1.54) is 49.4 Å². The van der Waals surface area contributed by atoms with Gasteiger partial charge in [0.25, 0.3) is 0 Å². The third-order valence-corrected chi connectivity index (χ3v) is 8.55. The highest BCUT2D eigenvalue weighted by molar-refractivity contribution is 6.22. The summed E-state index contributed by atoms with van der Waals surface area (Å²) in [6, 6.07) is 49.8. The van der Waals surface area contributed by atoms with Crippen LogP contribution in [0.5, 0.6) is 0 Å². The third kappa shape index (κ3) is 3.45. The van der Waals surface area contributed by atoms with Gasteiger partial charge in [0.05, 0.1) is 6.26 Å². The Bertz CT molecular complexity index is 2380. The monoisotopic (exact) mass is 536 g/mol. The molecular weight excluding hydrogens is 512 g/mol. The maximum Gasteiger partial charge on any atom is 0.136 e. The summed E-state index contributed by atoms with van der Waals surface area (Å²) in [5.74, 6) is 0. The lowest BCUT2D eigenvalue weighted by Crippen LogP contribution is -1.91. The molecule has 7 aromatic carbocycles. The van der Waals surface area contributed by atoms with Crippen LogP contribution in [-0.4, -0.2) is 0 Å². The Morgan fingerprint density at radius 1 is 0.333 bits per heavy atom. The second-order valence-electron chi connectivity index (χ2n) is 10.9. The van der Waals surface area contributed by atoms with Gasteiger partial charge < -0.3 is 8.83 Å². The predicted octanol–water partition coefficient (Wildman–Crippen LogP) is 11.6. The minimum absolute atomic E-state index is 0.874. The Balaban J connectivity index is 1.28. The maximum atomic E-state index is 6.42. The number of hydrogen-bond acceptors (Lipinski definition) is 2. The van der Waals surface area contributed by atoms with Crippen molar-refractivity contribution in [3.8, 4) is 33.4 Å². The van der Waals surface area contributed by atoms with Gasteiger partial charge in [-0.1, -0.05) is 109 Å². The molecule has 9 rings (SSSR count). The summed E-state index contributed by atoms with van der Waals surface area (Å²) in [4.78, 5) is 0. The Kier molecular flexibility index (Phi) is 4.93. The van der Waals surface area contributed by atoms with Gasteiger partial charge in [0, 0.05) is 16.2 Å². The molecule has 0 saturated heterocycles. The molecule has 0 spiro atoms. The van der Waals surface area contributed by atoms with Crippen molar-refractivity contribution in [3.05, 3.63) is 146 Å². The van der Waals surface area contributed by atoms with Gasteiger partial charge in [-0.25, -0.2) is 0 Å². The van der Waals surface area contributed by atoms with Crippen molar-refractivity contribution in [1.82, 2.24) is 0 Å². The highest BCUT2D eigenvalue weighted by atomic mass is 16.3. The van der Waals surface area contributed by atoms with Crippen LogP contribution in [0.3, 0.4) is 0 Å². The van der Waals surface area contributed by atoms with Gasteiger partial charge >= 0.3 is 0 Å². The SMILES string of the molecule is c1ccc(-c2ccc(-c3c4ccccc4c(-c4ccc5c(c4)oc4cc6ccoc6cc45)c4ccccc34)cc2)cc1. The van der Waals surface area contributed by atoms with Crippen LogP contribution in [0.4, 0.5) is 0 Å². The van der Waals surface area contributed by atoms with E-state index in [0.717, 1.165) is 38.5 Å². The van der Waals surface area contributed by atoms with Crippen molar-refractivity contribution in [2.24, 2.45) is 0 Å². The molecule has 9 aromatic rings. The highest BCUT2D eigenvalue weighted by Gasteiger charge is 2.18. The molecule has 2 aromatic heterocycles. The lowest BCUT2D eigenvalue weighted by molar-refractivity contribution is 0.616. The van der Waals surface area contributed by atoms with Crippen LogP contribution in [0.2, 0.25) is 0 Å². The van der Waals surface area contributed by atoms with E-state index in [4.69, 9.17) is 8.83 Å². The molecule has 196 valence electrons. The first-order valence-corrected chi connectivity index (χ1v) is 14.2. The fourth-order valence-electron chi connectivity index (χ4n) is 6.60. The fourth-order valence-corrected chi connectivity index (χ4v) is 6.60. The van der Waals surface area contributed by atoms with Gasteiger partial charge in [0.2, 0.25) is 0 Å². The summed E-state index contributed by atoms with van der Waals surface area (Å²) in [7, 11) is 0. The van der Waals surface area contributed by atoms with Crippen molar-refractivity contribution < 1.29 is 8.83 Å². The molecule has 0 N–H and O–H groups in total. The van der Waals surface area contributed by atoms with Crippen LogP contribution in [-0.2, 0) is 0 Å². The van der Waals surface area contributed by atoms with E-state index >= 15 is 0 Å². The topological polar surface area (TPSA) is 26.3 Å². The molecule has 2 heteroatoms. The van der Waals surface area contributed by atoms with Crippen LogP contribution in [0.1, 0.15) is 0 Å². The summed E-state index contributed by atoms with van der Waals surface area (Å²) in [5.41, 5.74) is 9.91.